The number of hydrogen-bond donors (Lipinski definition) is 1. The third-order valence-electron chi connectivity index (χ3n) is 2.79. The van der Waals surface area contributed by atoms with Gasteiger partial charge < -0.3 is 10.6 Å². The van der Waals surface area contributed by atoms with Crippen molar-refractivity contribution in [1.29, 1.82) is 0 Å². The number of carbonyl (C=O) groups excluding carboxylic acids is 1. The Kier molecular flexibility index (Phi) is 4.52. The number of rotatable bonds is 3. The Bertz CT molecular complexity index is 473. The first-order valence-corrected chi connectivity index (χ1v) is 5.51. The molecule has 1 rings (SSSR count). The van der Waals surface area contributed by atoms with Crippen molar-refractivity contribution in [2.24, 2.45) is 5.73 Å². The molecule has 0 aliphatic carbocycles. The highest BCUT2D eigenvalue weighted by Crippen LogP contribution is 2.30. The molecule has 0 saturated heterocycles. The van der Waals surface area contributed by atoms with Crippen molar-refractivity contribution < 1.29 is 22.4 Å². The van der Waals surface area contributed by atoms with Gasteiger partial charge in [0.05, 0.1) is 5.56 Å². The Labute approximate surface area is 108 Å². The third-order valence-corrected chi connectivity index (χ3v) is 2.79. The van der Waals surface area contributed by atoms with Crippen molar-refractivity contribution in [3.63, 3.8) is 0 Å². The highest BCUT2D eigenvalue weighted by atomic mass is 19.4. The molecule has 1 atom stereocenters. The lowest BCUT2D eigenvalue weighted by atomic mass is 10.1. The number of likely N-dealkylation sites (N-methyl/N-ethyl adjacent to an activating group) is 1. The van der Waals surface area contributed by atoms with Gasteiger partial charge in [-0.25, -0.2) is 4.39 Å². The summed E-state index contributed by atoms with van der Waals surface area (Å²) in [5.41, 5.74) is 3.83. The second-order valence-electron chi connectivity index (χ2n) is 4.23. The lowest BCUT2D eigenvalue weighted by Crippen LogP contribution is -2.39. The van der Waals surface area contributed by atoms with Gasteiger partial charge in [0.2, 0.25) is 0 Å². The molecule has 0 heterocycles. The highest BCUT2D eigenvalue weighted by Gasteiger charge is 2.32. The minimum absolute atomic E-state index is 0.156. The summed E-state index contributed by atoms with van der Waals surface area (Å²) in [4.78, 5) is 13.1. The topological polar surface area (TPSA) is 46.3 Å². The van der Waals surface area contributed by atoms with Gasteiger partial charge in [-0.05, 0) is 25.1 Å². The molecule has 0 saturated carbocycles. The van der Waals surface area contributed by atoms with Gasteiger partial charge in [0.15, 0.2) is 0 Å². The van der Waals surface area contributed by atoms with Gasteiger partial charge in [-0.2, -0.15) is 13.2 Å². The van der Waals surface area contributed by atoms with Gasteiger partial charge >= 0.3 is 6.18 Å². The van der Waals surface area contributed by atoms with Crippen LogP contribution in [0, 0.1) is 5.82 Å². The predicted molar refractivity (Wildman–Crippen MR) is 62.0 cm³/mol. The van der Waals surface area contributed by atoms with E-state index in [1.807, 2.05) is 0 Å². The summed E-state index contributed by atoms with van der Waals surface area (Å²) >= 11 is 0. The Balaban J connectivity index is 3.14. The number of carbonyl (C=O) groups is 1. The molecule has 7 heteroatoms. The van der Waals surface area contributed by atoms with Crippen molar-refractivity contribution in [3.05, 3.63) is 35.1 Å². The molecule has 0 unspecified atom stereocenters. The molecule has 2 N–H and O–H groups in total. The second kappa shape index (κ2) is 5.56. The lowest BCUT2D eigenvalue weighted by molar-refractivity contribution is -0.137. The zero-order valence-corrected chi connectivity index (χ0v) is 10.5. The molecule has 1 aromatic carbocycles. The van der Waals surface area contributed by atoms with E-state index < -0.39 is 23.5 Å². The number of hydrogen-bond acceptors (Lipinski definition) is 2. The van der Waals surface area contributed by atoms with E-state index in [1.54, 1.807) is 6.92 Å². The minimum atomic E-state index is -4.70. The van der Waals surface area contributed by atoms with Crippen LogP contribution >= 0.6 is 0 Å². The number of nitrogens with zero attached hydrogens (tertiary/aromatic N) is 1. The van der Waals surface area contributed by atoms with E-state index in [-0.39, 0.29) is 18.2 Å². The molecule has 0 spiro atoms. The summed E-state index contributed by atoms with van der Waals surface area (Å²) in [6, 6.07) is 1.40. The van der Waals surface area contributed by atoms with Crippen LogP contribution in [0.25, 0.3) is 0 Å². The predicted octanol–water partition coefficient (Wildman–Crippen LogP) is 2.26. The largest absolute Gasteiger partial charge is 0.416 e. The Morgan fingerprint density at radius 2 is 1.95 bits per heavy atom. The van der Waals surface area contributed by atoms with E-state index in [9.17, 15) is 22.4 Å². The highest BCUT2D eigenvalue weighted by molar-refractivity contribution is 5.94. The summed E-state index contributed by atoms with van der Waals surface area (Å²) in [5.74, 6) is -1.81. The van der Waals surface area contributed by atoms with Crippen LogP contribution in [0.2, 0.25) is 0 Å². The van der Waals surface area contributed by atoms with Crippen molar-refractivity contribution in [2.45, 2.75) is 19.1 Å². The zero-order chi connectivity index (χ0) is 14.8. The summed E-state index contributed by atoms with van der Waals surface area (Å²) < 4.78 is 50.7. The normalized spacial score (nSPS) is 13.2. The van der Waals surface area contributed by atoms with E-state index in [4.69, 9.17) is 5.73 Å². The van der Waals surface area contributed by atoms with E-state index >= 15 is 0 Å². The molecule has 106 valence electrons. The molecule has 19 heavy (non-hydrogen) atoms. The van der Waals surface area contributed by atoms with E-state index in [1.165, 1.54) is 11.9 Å². The Morgan fingerprint density at radius 1 is 1.37 bits per heavy atom. The number of amides is 1. The van der Waals surface area contributed by atoms with Crippen LogP contribution in [0.15, 0.2) is 18.2 Å². The molecule has 1 amide bonds. The maximum Gasteiger partial charge on any atom is 0.416 e. The maximum absolute atomic E-state index is 13.2. The number of alkyl halides is 3. The van der Waals surface area contributed by atoms with Crippen LogP contribution in [-0.4, -0.2) is 30.4 Å². The fraction of sp³-hybridized carbons (Fsp3) is 0.417. The zero-order valence-electron chi connectivity index (χ0n) is 10.5. The number of halogens is 4. The molecule has 0 radical (unpaired) electrons. The van der Waals surface area contributed by atoms with E-state index in [0.717, 1.165) is 6.07 Å². The molecule has 0 aromatic heterocycles. The first-order chi connectivity index (χ1) is 8.66. The van der Waals surface area contributed by atoms with E-state index in [0.29, 0.717) is 12.1 Å². The van der Waals surface area contributed by atoms with Crippen molar-refractivity contribution in [2.75, 3.05) is 13.6 Å². The second-order valence-corrected chi connectivity index (χ2v) is 4.23. The molecule has 1 aromatic rings. The lowest BCUT2D eigenvalue weighted by Gasteiger charge is -2.24. The third kappa shape index (κ3) is 3.66. The van der Waals surface area contributed by atoms with Gasteiger partial charge in [0.1, 0.15) is 5.82 Å². The SMILES string of the molecule is C[C@H](CN)N(C)C(=O)c1cc(F)cc(C(F)(F)F)c1. The summed E-state index contributed by atoms with van der Waals surface area (Å²) in [6.07, 6.45) is -4.70. The maximum atomic E-state index is 13.2. The van der Waals surface area contributed by atoms with Crippen molar-refractivity contribution >= 4 is 5.91 Å². The Morgan fingerprint density at radius 3 is 2.42 bits per heavy atom. The molecule has 3 nitrogen and oxygen atoms in total. The van der Waals surface area contributed by atoms with E-state index in [2.05, 4.69) is 0 Å². The summed E-state index contributed by atoms with van der Waals surface area (Å²) in [6.45, 7) is 1.80. The molecule has 0 aliphatic rings. The van der Waals surface area contributed by atoms with Gasteiger partial charge in [-0.15, -0.1) is 0 Å². The number of benzene rings is 1. The van der Waals surface area contributed by atoms with Gasteiger partial charge in [-0.3, -0.25) is 4.79 Å². The van der Waals surface area contributed by atoms with Crippen LogP contribution < -0.4 is 5.73 Å². The minimum Gasteiger partial charge on any atom is -0.338 e. The molecule has 0 aliphatic heterocycles. The molecule has 0 bridgehead atoms. The molecular weight excluding hydrogens is 264 g/mol. The molecule has 0 fully saturated rings. The van der Waals surface area contributed by atoms with Crippen LogP contribution in [-0.2, 0) is 6.18 Å². The number of nitrogens with two attached hydrogens (primary N) is 1. The smallest absolute Gasteiger partial charge is 0.338 e. The van der Waals surface area contributed by atoms with Gasteiger partial charge in [0.25, 0.3) is 5.91 Å². The average Bonchev–Trinajstić information content (AvgIpc) is 2.34. The van der Waals surface area contributed by atoms with Crippen molar-refractivity contribution in [3.8, 4) is 0 Å². The molecular formula is C12H14F4N2O. The Hall–Kier alpha value is -1.63. The summed E-state index contributed by atoms with van der Waals surface area (Å²) in [7, 11) is 1.40. The fourth-order valence-corrected chi connectivity index (χ4v) is 1.44. The average molecular weight is 278 g/mol. The van der Waals surface area contributed by atoms with Crippen LogP contribution in [0.4, 0.5) is 17.6 Å². The quantitative estimate of drug-likeness (QED) is 0.862. The summed E-state index contributed by atoms with van der Waals surface area (Å²) in [5, 5.41) is 0. The van der Waals surface area contributed by atoms with Crippen molar-refractivity contribution in [1.82, 2.24) is 4.90 Å². The van der Waals surface area contributed by atoms with Crippen LogP contribution in [0.3, 0.4) is 0 Å². The fourth-order valence-electron chi connectivity index (χ4n) is 1.44. The first kappa shape index (κ1) is 15.4. The van der Waals surface area contributed by atoms with Gasteiger partial charge in [0, 0.05) is 25.2 Å². The van der Waals surface area contributed by atoms with Gasteiger partial charge in [-0.1, -0.05) is 0 Å². The van der Waals surface area contributed by atoms with Crippen LogP contribution in [0.1, 0.15) is 22.8 Å². The monoisotopic (exact) mass is 278 g/mol. The first-order valence-electron chi connectivity index (χ1n) is 5.51. The standard InChI is InChI=1S/C12H14F4N2O/c1-7(6-17)18(2)11(19)8-3-9(12(14,15)16)5-10(13)4-8/h3-5,7H,6,17H2,1-2H3/t7-/m1/s1. The van der Waals surface area contributed by atoms with Crippen LogP contribution in [0.5, 0.6) is 0 Å².